The molecule has 8 rings (SSSR count). The first-order chi connectivity index (χ1) is 28.1. The molecule has 1 atom stereocenters. The molecule has 3 aromatic rings. The van der Waals surface area contributed by atoms with Crippen LogP contribution in [0, 0.1) is 28.1 Å². The molecule has 4 heterocycles. The van der Waals surface area contributed by atoms with Crippen LogP contribution in [0.25, 0.3) is 0 Å². The highest BCUT2D eigenvalue weighted by atomic mass is 35.5. The van der Waals surface area contributed by atoms with Gasteiger partial charge in [0.1, 0.15) is 24.0 Å². The van der Waals surface area contributed by atoms with Gasteiger partial charge in [0, 0.05) is 60.2 Å². The van der Waals surface area contributed by atoms with Gasteiger partial charge in [0.25, 0.3) is 17.7 Å². The third-order valence-electron chi connectivity index (χ3n) is 13.6. The monoisotopic (exact) mass is 818 g/mol. The van der Waals surface area contributed by atoms with Gasteiger partial charge >= 0.3 is 0 Å². The summed E-state index contributed by atoms with van der Waals surface area (Å²) in [7, 11) is 0. The number of hydrogen-bond donors (Lipinski definition) is 2. The van der Waals surface area contributed by atoms with E-state index in [4.69, 9.17) is 16.3 Å². The second kappa shape index (κ2) is 15.7. The number of benzene rings is 3. The highest BCUT2D eigenvalue weighted by molar-refractivity contribution is 6.31. The van der Waals surface area contributed by atoms with Crippen molar-refractivity contribution < 1.29 is 28.7 Å². The van der Waals surface area contributed by atoms with Crippen molar-refractivity contribution in [3.05, 3.63) is 93.5 Å². The molecule has 5 amide bonds. The first-order valence-corrected chi connectivity index (χ1v) is 21.1. The third-order valence-corrected chi connectivity index (χ3v) is 13.9. The van der Waals surface area contributed by atoms with Crippen molar-refractivity contribution in [1.29, 1.82) is 5.26 Å². The summed E-state index contributed by atoms with van der Waals surface area (Å²) in [5.41, 5.74) is 3.14. The number of nitrogens with one attached hydrogen (secondary N) is 2. The number of anilines is 1. The van der Waals surface area contributed by atoms with E-state index in [0.717, 1.165) is 69.0 Å². The molecular weight excluding hydrogens is 768 g/mol. The van der Waals surface area contributed by atoms with Gasteiger partial charge < -0.3 is 19.9 Å². The number of nitrogens with zero attached hydrogens (tertiary/aromatic N) is 4. The number of carbonyl (C=O) groups is 5. The summed E-state index contributed by atoms with van der Waals surface area (Å²) >= 11 is 6.26. The van der Waals surface area contributed by atoms with Gasteiger partial charge in [-0.25, -0.2) is 0 Å². The number of nitriles is 1. The maximum Gasteiger partial charge on any atom is 0.262 e. The minimum absolute atomic E-state index is 0.0937. The molecule has 1 aliphatic carbocycles. The third kappa shape index (κ3) is 7.59. The van der Waals surface area contributed by atoms with Crippen LogP contribution in [-0.4, -0.2) is 90.2 Å². The number of rotatable bonds is 9. The average molecular weight is 819 g/mol. The van der Waals surface area contributed by atoms with Crippen LogP contribution in [0.1, 0.15) is 114 Å². The van der Waals surface area contributed by atoms with E-state index < -0.39 is 29.7 Å². The quantitative estimate of drug-likeness (QED) is 0.237. The summed E-state index contributed by atoms with van der Waals surface area (Å²) in [4.78, 5) is 69.9. The van der Waals surface area contributed by atoms with E-state index in [1.807, 2.05) is 18.2 Å². The maximum atomic E-state index is 13.5. The summed E-state index contributed by atoms with van der Waals surface area (Å²) in [6.45, 7) is 13.2. The van der Waals surface area contributed by atoms with Gasteiger partial charge in [-0.2, -0.15) is 5.26 Å². The van der Waals surface area contributed by atoms with Crippen molar-refractivity contribution in [3.8, 4) is 11.8 Å². The van der Waals surface area contributed by atoms with E-state index in [0.29, 0.717) is 44.9 Å². The Morgan fingerprint density at radius 3 is 2.19 bits per heavy atom. The molecule has 4 fully saturated rings. The van der Waals surface area contributed by atoms with Crippen LogP contribution in [0.4, 0.5) is 5.69 Å². The number of amides is 5. The maximum absolute atomic E-state index is 13.5. The predicted octanol–water partition coefficient (Wildman–Crippen LogP) is 6.32. The summed E-state index contributed by atoms with van der Waals surface area (Å²) in [5, 5.41) is 15.1. The number of hydrogen-bond acceptors (Lipinski definition) is 9. The molecule has 308 valence electrons. The number of piperidine rings is 3. The summed E-state index contributed by atoms with van der Waals surface area (Å²) in [5.74, 6) is -0.434. The molecule has 2 N–H and O–H groups in total. The fourth-order valence-corrected chi connectivity index (χ4v) is 10.8. The van der Waals surface area contributed by atoms with Gasteiger partial charge in [-0.1, -0.05) is 51.4 Å². The molecule has 0 bridgehead atoms. The predicted molar refractivity (Wildman–Crippen MR) is 222 cm³/mol. The van der Waals surface area contributed by atoms with Gasteiger partial charge in [0.05, 0.1) is 21.7 Å². The first kappa shape index (κ1) is 40.5. The van der Waals surface area contributed by atoms with E-state index in [1.54, 1.807) is 30.3 Å². The standard InChI is InChI=1S/C46H51ClN6O6/c1-45(2)43(46(3,4)44(45)59-33-11-9-31(25-48)36(47)24-33)50-39(55)30-7-5-28(6-8-30)29-17-19-51(20-18-29)26-27-15-21-52(22-16-27)32-10-12-34-35(23-32)42(58)53(41(34)57)37-13-14-38(54)49-40(37)56/h5-12,23-24,27,29,37,43-44H,13-22,26H2,1-4H3,(H,50,55)(H,49,54,56). The van der Waals surface area contributed by atoms with Crippen LogP contribution in [0.3, 0.4) is 0 Å². The van der Waals surface area contributed by atoms with E-state index in [1.165, 1.54) is 5.56 Å². The Balaban J connectivity index is 0.789. The summed E-state index contributed by atoms with van der Waals surface area (Å²) in [6, 6.07) is 19.6. The van der Waals surface area contributed by atoms with Crippen molar-refractivity contribution in [2.75, 3.05) is 37.6 Å². The number of ether oxygens (including phenoxy) is 1. The number of carbonyl (C=O) groups excluding carboxylic acids is 5. The SMILES string of the molecule is CC1(C)C(NC(=O)c2ccc(C3CCN(CC4CCN(c5ccc6c(c5)C(=O)N(C5CCC(=O)NC5=O)C6=O)CC4)CC3)cc2)C(C)(C)C1Oc1ccc(C#N)c(Cl)c1. The Hall–Kier alpha value is -5.25. The van der Waals surface area contributed by atoms with Crippen molar-refractivity contribution in [3.63, 3.8) is 0 Å². The van der Waals surface area contributed by atoms with Crippen LogP contribution in [-0.2, 0) is 9.59 Å². The Morgan fingerprint density at radius 1 is 0.864 bits per heavy atom. The highest BCUT2D eigenvalue weighted by Gasteiger charge is 2.64. The second-order valence-corrected chi connectivity index (χ2v) is 18.5. The Bertz CT molecular complexity index is 2220. The molecule has 3 saturated heterocycles. The molecule has 1 saturated carbocycles. The number of likely N-dealkylation sites (tertiary alicyclic amines) is 1. The largest absolute Gasteiger partial charge is 0.489 e. The van der Waals surface area contributed by atoms with Gasteiger partial charge in [-0.15, -0.1) is 0 Å². The zero-order chi connectivity index (χ0) is 41.8. The van der Waals surface area contributed by atoms with Gasteiger partial charge in [-0.05, 0) is 105 Å². The molecular formula is C46H51ClN6O6. The van der Waals surface area contributed by atoms with Gasteiger partial charge in [0.2, 0.25) is 11.8 Å². The van der Waals surface area contributed by atoms with Crippen molar-refractivity contribution in [2.24, 2.45) is 16.7 Å². The van der Waals surface area contributed by atoms with Crippen molar-refractivity contribution in [1.82, 2.24) is 20.4 Å². The first-order valence-electron chi connectivity index (χ1n) is 20.8. The van der Waals surface area contributed by atoms with Crippen LogP contribution in [0.5, 0.6) is 5.75 Å². The Kier molecular flexibility index (Phi) is 10.8. The lowest BCUT2D eigenvalue weighted by molar-refractivity contribution is -0.164. The smallest absolute Gasteiger partial charge is 0.262 e. The molecule has 12 nitrogen and oxygen atoms in total. The van der Waals surface area contributed by atoms with E-state index in [9.17, 15) is 29.2 Å². The lowest BCUT2D eigenvalue weighted by Gasteiger charge is -2.63. The zero-order valence-corrected chi connectivity index (χ0v) is 34.8. The van der Waals surface area contributed by atoms with Gasteiger partial charge in [-0.3, -0.25) is 34.2 Å². The molecule has 0 spiro atoms. The number of fused-ring (bicyclic) bond motifs is 1. The van der Waals surface area contributed by atoms with Crippen LogP contribution in [0.2, 0.25) is 5.02 Å². The highest BCUT2D eigenvalue weighted by Crippen LogP contribution is 2.55. The summed E-state index contributed by atoms with van der Waals surface area (Å²) < 4.78 is 6.39. The molecule has 13 heteroatoms. The van der Waals surface area contributed by atoms with Gasteiger partial charge in [0.15, 0.2) is 0 Å². The molecule has 5 aliphatic rings. The van der Waals surface area contributed by atoms with E-state index in [2.05, 4.69) is 66.3 Å². The van der Waals surface area contributed by atoms with E-state index >= 15 is 0 Å². The molecule has 4 aliphatic heterocycles. The number of halogens is 1. The van der Waals surface area contributed by atoms with Crippen LogP contribution < -0.4 is 20.3 Å². The topological polar surface area (TPSA) is 152 Å². The molecule has 1 unspecified atom stereocenters. The van der Waals surface area contributed by atoms with Crippen molar-refractivity contribution >= 4 is 46.8 Å². The van der Waals surface area contributed by atoms with Crippen LogP contribution in [0.15, 0.2) is 60.7 Å². The lowest BCUT2D eigenvalue weighted by atomic mass is 9.49. The van der Waals surface area contributed by atoms with Crippen LogP contribution >= 0.6 is 11.6 Å². The fraction of sp³-hybridized carbons (Fsp3) is 0.478. The molecule has 3 aromatic carbocycles. The molecule has 0 aromatic heterocycles. The molecule has 0 radical (unpaired) electrons. The normalized spacial score (nSPS) is 24.6. The Morgan fingerprint density at radius 2 is 1.54 bits per heavy atom. The second-order valence-electron chi connectivity index (χ2n) is 18.1. The summed E-state index contributed by atoms with van der Waals surface area (Å²) in [6.07, 6.45) is 4.26. The minimum atomic E-state index is -0.970. The lowest BCUT2D eigenvalue weighted by Crippen LogP contribution is -2.74. The Labute approximate surface area is 350 Å². The fourth-order valence-electron chi connectivity index (χ4n) is 10.6. The number of imide groups is 2. The van der Waals surface area contributed by atoms with Crippen molar-refractivity contribution in [2.45, 2.75) is 90.3 Å². The average Bonchev–Trinajstić information content (AvgIpc) is 3.47. The molecule has 59 heavy (non-hydrogen) atoms. The van der Waals surface area contributed by atoms with E-state index in [-0.39, 0.29) is 41.7 Å². The zero-order valence-electron chi connectivity index (χ0n) is 34.1. The minimum Gasteiger partial charge on any atom is -0.489 e.